The first-order valence-corrected chi connectivity index (χ1v) is 14.4. The lowest BCUT2D eigenvalue weighted by Crippen LogP contribution is -2.18. The van der Waals surface area contributed by atoms with Crippen LogP contribution in [0.5, 0.6) is 0 Å². The fourth-order valence-electron chi connectivity index (χ4n) is 4.98. The maximum Gasteiger partial charge on any atom is -0.0121 e. The van der Waals surface area contributed by atoms with Crippen molar-refractivity contribution in [1.82, 2.24) is 0 Å². The van der Waals surface area contributed by atoms with Crippen LogP contribution < -0.4 is 0 Å². The zero-order valence-corrected chi connectivity index (χ0v) is 21.8. The maximum atomic E-state index is 4.35. The van der Waals surface area contributed by atoms with E-state index in [1.807, 2.05) is 0 Å². The van der Waals surface area contributed by atoms with E-state index >= 15 is 0 Å². The first-order valence-electron chi connectivity index (χ1n) is 14.4. The smallest absolute Gasteiger partial charge is 0.0121 e. The fourth-order valence-corrected chi connectivity index (χ4v) is 4.98. The molecule has 0 aromatic rings. The molecular formula is C30H60. The highest BCUT2D eigenvalue weighted by molar-refractivity contribution is 4.94. The predicted molar refractivity (Wildman–Crippen MR) is 140 cm³/mol. The molecule has 0 aromatic carbocycles. The van der Waals surface area contributed by atoms with Crippen LogP contribution in [0.3, 0.4) is 0 Å². The van der Waals surface area contributed by atoms with Crippen molar-refractivity contribution in [3.05, 3.63) is 12.7 Å². The number of unbranched alkanes of at least 4 members (excludes halogenated alkanes) is 18. The van der Waals surface area contributed by atoms with Crippen LogP contribution >= 0.6 is 0 Å². The molecule has 0 bridgehead atoms. The van der Waals surface area contributed by atoms with Gasteiger partial charge in [-0.05, 0) is 24.7 Å². The van der Waals surface area contributed by atoms with Crippen LogP contribution in [0.2, 0.25) is 0 Å². The molecule has 30 heavy (non-hydrogen) atoms. The van der Waals surface area contributed by atoms with Gasteiger partial charge in [0.1, 0.15) is 0 Å². The van der Waals surface area contributed by atoms with E-state index in [2.05, 4.69) is 33.4 Å². The van der Waals surface area contributed by atoms with E-state index in [9.17, 15) is 0 Å². The molecule has 0 heterocycles. The monoisotopic (exact) mass is 420 g/mol. The molecule has 0 N–H and O–H groups in total. The summed E-state index contributed by atoms with van der Waals surface area (Å²) in [5, 5.41) is 0. The van der Waals surface area contributed by atoms with Crippen LogP contribution in [0.1, 0.15) is 175 Å². The normalized spacial score (nSPS) is 11.8. The van der Waals surface area contributed by atoms with Gasteiger partial charge in [-0.2, -0.15) is 0 Å². The van der Waals surface area contributed by atoms with Crippen LogP contribution in [0.25, 0.3) is 0 Å². The third kappa shape index (κ3) is 18.5. The lowest BCUT2D eigenvalue weighted by atomic mass is 9.74. The van der Waals surface area contributed by atoms with Crippen LogP contribution in [0.15, 0.2) is 12.7 Å². The van der Waals surface area contributed by atoms with Gasteiger partial charge in [-0.1, -0.05) is 162 Å². The summed E-state index contributed by atoms with van der Waals surface area (Å²) in [5.41, 5.74) is 0.441. The molecule has 180 valence electrons. The molecule has 0 saturated carbocycles. The van der Waals surface area contributed by atoms with Crippen LogP contribution in [0, 0.1) is 5.41 Å². The average molecular weight is 421 g/mol. The van der Waals surface area contributed by atoms with Gasteiger partial charge in [-0.3, -0.25) is 0 Å². The van der Waals surface area contributed by atoms with Gasteiger partial charge in [0, 0.05) is 0 Å². The highest BCUT2D eigenvalue weighted by Gasteiger charge is 2.24. The Hall–Kier alpha value is -0.260. The fraction of sp³-hybridized carbons (Fsp3) is 0.933. The number of allylic oxidation sites excluding steroid dienone is 1. The largest absolute Gasteiger partial charge is 0.103 e. The first kappa shape index (κ1) is 29.7. The number of hydrogen-bond donors (Lipinski definition) is 0. The lowest BCUT2D eigenvalue weighted by Gasteiger charge is -2.31. The van der Waals surface area contributed by atoms with Gasteiger partial charge in [0.25, 0.3) is 0 Å². The minimum absolute atomic E-state index is 0.441. The second-order valence-corrected chi connectivity index (χ2v) is 10.2. The van der Waals surface area contributed by atoms with E-state index in [0.29, 0.717) is 5.41 Å². The Bertz CT molecular complexity index is 283. The zero-order valence-electron chi connectivity index (χ0n) is 21.8. The quantitative estimate of drug-likeness (QED) is 0.102. The molecule has 0 atom stereocenters. The molecule has 0 amide bonds. The zero-order chi connectivity index (χ0) is 22.2. The Morgan fingerprint density at radius 1 is 0.400 bits per heavy atom. The Balaban J connectivity index is 4.25. The van der Waals surface area contributed by atoms with E-state index in [1.165, 1.54) is 154 Å². The Labute approximate surface area is 193 Å². The van der Waals surface area contributed by atoms with Crippen molar-refractivity contribution in [2.45, 2.75) is 175 Å². The Morgan fingerprint density at radius 3 is 0.867 bits per heavy atom. The van der Waals surface area contributed by atoms with Gasteiger partial charge < -0.3 is 0 Å². The molecule has 0 unspecified atom stereocenters. The van der Waals surface area contributed by atoms with Gasteiger partial charge >= 0.3 is 0 Å². The predicted octanol–water partition coefficient (Wildman–Crippen LogP) is 11.6. The minimum Gasteiger partial charge on any atom is -0.103 e. The molecule has 0 aromatic heterocycles. The summed E-state index contributed by atoms with van der Waals surface area (Å²) >= 11 is 0. The highest BCUT2D eigenvalue weighted by atomic mass is 14.3. The Kier molecular flexibility index (Phi) is 23.2. The van der Waals surface area contributed by atoms with E-state index in [-0.39, 0.29) is 0 Å². The van der Waals surface area contributed by atoms with Crippen molar-refractivity contribution in [1.29, 1.82) is 0 Å². The SMILES string of the molecule is C=CC(CCCCCCCCC)(CCCCCCCCC)CCCCCCCCC. The van der Waals surface area contributed by atoms with Gasteiger partial charge in [-0.15, -0.1) is 6.58 Å². The molecule has 0 nitrogen and oxygen atoms in total. The Morgan fingerprint density at radius 2 is 0.633 bits per heavy atom. The van der Waals surface area contributed by atoms with E-state index < -0.39 is 0 Å². The van der Waals surface area contributed by atoms with Crippen molar-refractivity contribution >= 4 is 0 Å². The second kappa shape index (κ2) is 23.4. The van der Waals surface area contributed by atoms with Crippen molar-refractivity contribution in [3.63, 3.8) is 0 Å². The summed E-state index contributed by atoms with van der Waals surface area (Å²) < 4.78 is 0. The summed E-state index contributed by atoms with van der Waals surface area (Å²) in [6.07, 6.45) is 36.5. The topological polar surface area (TPSA) is 0 Å². The van der Waals surface area contributed by atoms with Crippen LogP contribution in [-0.4, -0.2) is 0 Å². The summed E-state index contributed by atoms with van der Waals surface area (Å²) in [5.74, 6) is 0. The first-order chi connectivity index (χ1) is 14.7. The van der Waals surface area contributed by atoms with Crippen molar-refractivity contribution < 1.29 is 0 Å². The molecule has 0 aliphatic carbocycles. The molecule has 0 fully saturated rings. The standard InChI is InChI=1S/C30H60/c1-5-9-12-15-18-21-24-27-30(8-4,28-25-22-19-16-13-10-6-2)29-26-23-20-17-14-11-7-3/h8H,4-7,9-29H2,1-3H3. The summed E-state index contributed by atoms with van der Waals surface area (Å²) in [6, 6.07) is 0. The van der Waals surface area contributed by atoms with Crippen LogP contribution in [-0.2, 0) is 0 Å². The maximum absolute atomic E-state index is 4.35. The lowest BCUT2D eigenvalue weighted by molar-refractivity contribution is 0.264. The summed E-state index contributed by atoms with van der Waals surface area (Å²) in [6.45, 7) is 11.3. The average Bonchev–Trinajstić information content (AvgIpc) is 2.76. The molecular weight excluding hydrogens is 360 g/mol. The van der Waals surface area contributed by atoms with Crippen LogP contribution in [0.4, 0.5) is 0 Å². The van der Waals surface area contributed by atoms with E-state index in [1.54, 1.807) is 0 Å². The van der Waals surface area contributed by atoms with Gasteiger partial charge in [0.2, 0.25) is 0 Å². The van der Waals surface area contributed by atoms with E-state index in [4.69, 9.17) is 0 Å². The van der Waals surface area contributed by atoms with Gasteiger partial charge in [0.05, 0.1) is 0 Å². The minimum atomic E-state index is 0.441. The van der Waals surface area contributed by atoms with Gasteiger partial charge in [0.15, 0.2) is 0 Å². The molecule has 0 spiro atoms. The number of rotatable bonds is 25. The van der Waals surface area contributed by atoms with Gasteiger partial charge in [-0.25, -0.2) is 0 Å². The summed E-state index contributed by atoms with van der Waals surface area (Å²) in [7, 11) is 0. The molecule has 0 aliphatic heterocycles. The number of hydrogen-bond acceptors (Lipinski definition) is 0. The van der Waals surface area contributed by atoms with E-state index in [0.717, 1.165) is 0 Å². The molecule has 0 radical (unpaired) electrons. The summed E-state index contributed by atoms with van der Waals surface area (Å²) in [4.78, 5) is 0. The molecule has 0 saturated heterocycles. The van der Waals surface area contributed by atoms with Crippen molar-refractivity contribution in [2.24, 2.45) is 5.41 Å². The third-order valence-corrected chi connectivity index (χ3v) is 7.27. The molecule has 0 rings (SSSR count). The highest BCUT2D eigenvalue weighted by Crippen LogP contribution is 2.38. The third-order valence-electron chi connectivity index (χ3n) is 7.27. The second-order valence-electron chi connectivity index (χ2n) is 10.2. The van der Waals surface area contributed by atoms with Crippen molar-refractivity contribution in [3.8, 4) is 0 Å². The van der Waals surface area contributed by atoms with Crippen molar-refractivity contribution in [2.75, 3.05) is 0 Å². The molecule has 0 heteroatoms. The molecule has 0 aliphatic rings.